The van der Waals surface area contributed by atoms with Gasteiger partial charge in [0, 0.05) is 17.6 Å². The Bertz CT molecular complexity index is 601. The number of benzene rings is 1. The van der Waals surface area contributed by atoms with Crippen LogP contribution in [0.25, 0.3) is 10.9 Å². The molecule has 0 bridgehead atoms. The lowest BCUT2D eigenvalue weighted by atomic mass is 10.2. The van der Waals surface area contributed by atoms with Crippen LogP contribution in [0.4, 0.5) is 0 Å². The second kappa shape index (κ2) is 4.32. The van der Waals surface area contributed by atoms with Crippen LogP contribution in [0.2, 0.25) is 5.02 Å². The van der Waals surface area contributed by atoms with Crippen LogP contribution in [-0.4, -0.2) is 16.5 Å². The lowest BCUT2D eigenvalue weighted by molar-refractivity contribution is -0.123. The topological polar surface area (TPSA) is 34.0 Å². The number of fused-ring (bicyclic) bond motifs is 1. The van der Waals surface area contributed by atoms with Crippen LogP contribution in [0.3, 0.4) is 0 Å². The van der Waals surface area contributed by atoms with E-state index in [1.54, 1.807) is 0 Å². The van der Waals surface area contributed by atoms with Crippen molar-refractivity contribution in [3.63, 3.8) is 0 Å². The number of para-hydroxylation sites is 1. The predicted molar refractivity (Wildman–Crippen MR) is 72.8 cm³/mol. The fourth-order valence-corrected chi connectivity index (χ4v) is 2.45. The first-order chi connectivity index (χ1) is 8.66. The van der Waals surface area contributed by atoms with Crippen molar-refractivity contribution in [3.8, 4) is 0 Å². The van der Waals surface area contributed by atoms with Gasteiger partial charge < -0.3 is 9.88 Å². The van der Waals surface area contributed by atoms with E-state index in [1.807, 2.05) is 42.0 Å². The van der Waals surface area contributed by atoms with Crippen LogP contribution in [0.15, 0.2) is 30.5 Å². The molecule has 18 heavy (non-hydrogen) atoms. The summed E-state index contributed by atoms with van der Waals surface area (Å²) in [7, 11) is 0. The second-order valence-electron chi connectivity index (χ2n) is 4.86. The van der Waals surface area contributed by atoms with E-state index in [-0.39, 0.29) is 11.9 Å². The van der Waals surface area contributed by atoms with Crippen LogP contribution in [-0.2, 0) is 4.79 Å². The molecule has 94 valence electrons. The number of hydrogen-bond acceptors (Lipinski definition) is 1. The molecule has 1 aromatic carbocycles. The number of nitrogens with one attached hydrogen (secondary N) is 1. The number of nitrogens with zero attached hydrogens (tertiary/aromatic N) is 1. The van der Waals surface area contributed by atoms with Crippen molar-refractivity contribution in [2.45, 2.75) is 31.8 Å². The molecule has 0 saturated heterocycles. The number of amides is 1. The van der Waals surface area contributed by atoms with Gasteiger partial charge in [-0.05, 0) is 31.9 Å². The van der Waals surface area contributed by atoms with Gasteiger partial charge in [-0.25, -0.2) is 0 Å². The SMILES string of the molecule is CC(C(=O)NC1CC1)n1ccc2cccc(Cl)c21. The van der Waals surface area contributed by atoms with Crippen molar-refractivity contribution in [3.05, 3.63) is 35.5 Å². The zero-order chi connectivity index (χ0) is 12.7. The molecule has 1 heterocycles. The number of hydrogen-bond donors (Lipinski definition) is 1. The van der Waals surface area contributed by atoms with E-state index < -0.39 is 0 Å². The lowest BCUT2D eigenvalue weighted by Crippen LogP contribution is -2.32. The highest BCUT2D eigenvalue weighted by molar-refractivity contribution is 6.35. The Labute approximate surface area is 111 Å². The molecular weight excluding hydrogens is 248 g/mol. The van der Waals surface area contributed by atoms with Gasteiger partial charge in [-0.3, -0.25) is 4.79 Å². The molecule has 1 aromatic heterocycles. The Kier molecular flexibility index (Phi) is 2.78. The maximum Gasteiger partial charge on any atom is 0.242 e. The summed E-state index contributed by atoms with van der Waals surface area (Å²) < 4.78 is 1.94. The fraction of sp³-hybridized carbons (Fsp3) is 0.357. The Hall–Kier alpha value is -1.48. The summed E-state index contributed by atoms with van der Waals surface area (Å²) in [5, 5.41) is 4.77. The number of halogens is 1. The Balaban J connectivity index is 1.95. The molecule has 3 nitrogen and oxygen atoms in total. The standard InChI is InChI=1S/C14H15ClN2O/c1-9(14(18)16-11-5-6-11)17-8-7-10-3-2-4-12(15)13(10)17/h2-4,7-9,11H,5-6H2,1H3,(H,16,18). The number of rotatable bonds is 3. The number of carbonyl (C=O) groups excluding carboxylic acids is 1. The first-order valence-electron chi connectivity index (χ1n) is 6.22. The van der Waals surface area contributed by atoms with Crippen LogP contribution in [0, 0.1) is 0 Å². The third-order valence-corrected chi connectivity index (χ3v) is 3.72. The van der Waals surface area contributed by atoms with Gasteiger partial charge in [-0.1, -0.05) is 23.7 Å². The molecule has 0 radical (unpaired) electrons. The minimum absolute atomic E-state index is 0.0647. The molecule has 4 heteroatoms. The summed E-state index contributed by atoms with van der Waals surface area (Å²) >= 11 is 6.22. The molecule has 1 amide bonds. The Morgan fingerprint density at radius 2 is 2.22 bits per heavy atom. The normalized spacial score (nSPS) is 16.8. The van der Waals surface area contributed by atoms with E-state index >= 15 is 0 Å². The van der Waals surface area contributed by atoms with Gasteiger partial charge in [0.25, 0.3) is 0 Å². The average molecular weight is 263 g/mol. The van der Waals surface area contributed by atoms with Gasteiger partial charge in [0.05, 0.1) is 10.5 Å². The third kappa shape index (κ3) is 1.99. The highest BCUT2D eigenvalue weighted by Gasteiger charge is 2.26. The number of aromatic nitrogens is 1. The monoisotopic (exact) mass is 262 g/mol. The second-order valence-corrected chi connectivity index (χ2v) is 5.27. The third-order valence-electron chi connectivity index (χ3n) is 3.41. The smallest absolute Gasteiger partial charge is 0.242 e. The van der Waals surface area contributed by atoms with Crippen LogP contribution >= 0.6 is 11.6 Å². The summed E-state index contributed by atoms with van der Waals surface area (Å²) in [6, 6.07) is 7.92. The summed E-state index contributed by atoms with van der Waals surface area (Å²) in [6.45, 7) is 1.90. The van der Waals surface area contributed by atoms with Gasteiger partial charge in [0.1, 0.15) is 6.04 Å². The molecule has 1 aliphatic carbocycles. The van der Waals surface area contributed by atoms with Crippen LogP contribution < -0.4 is 5.32 Å². The first-order valence-corrected chi connectivity index (χ1v) is 6.60. The fourth-order valence-electron chi connectivity index (χ4n) is 2.17. The average Bonchev–Trinajstić information content (AvgIpc) is 3.05. The molecule has 1 aliphatic rings. The van der Waals surface area contributed by atoms with E-state index in [2.05, 4.69) is 5.32 Å². The van der Waals surface area contributed by atoms with Crippen LogP contribution in [0.1, 0.15) is 25.8 Å². The van der Waals surface area contributed by atoms with E-state index in [1.165, 1.54) is 0 Å². The molecule has 2 aromatic rings. The molecule has 0 aliphatic heterocycles. The molecule has 1 saturated carbocycles. The van der Waals surface area contributed by atoms with Crippen molar-refractivity contribution in [1.82, 2.24) is 9.88 Å². The first kappa shape index (κ1) is 11.6. The largest absolute Gasteiger partial charge is 0.352 e. The molecule has 1 N–H and O–H groups in total. The zero-order valence-electron chi connectivity index (χ0n) is 10.2. The van der Waals surface area contributed by atoms with Gasteiger partial charge in [0.2, 0.25) is 5.91 Å². The van der Waals surface area contributed by atoms with Gasteiger partial charge >= 0.3 is 0 Å². The van der Waals surface area contributed by atoms with Crippen molar-refractivity contribution in [2.24, 2.45) is 0 Å². The highest BCUT2D eigenvalue weighted by Crippen LogP contribution is 2.28. The molecule has 1 unspecified atom stereocenters. The number of carbonyl (C=O) groups is 1. The minimum Gasteiger partial charge on any atom is -0.352 e. The maximum atomic E-state index is 12.1. The van der Waals surface area contributed by atoms with Crippen molar-refractivity contribution in [2.75, 3.05) is 0 Å². The lowest BCUT2D eigenvalue weighted by Gasteiger charge is -2.15. The quantitative estimate of drug-likeness (QED) is 0.906. The molecular formula is C14H15ClN2O. The van der Waals surface area contributed by atoms with E-state index in [0.29, 0.717) is 11.1 Å². The summed E-state index contributed by atoms with van der Waals surface area (Å²) in [5.41, 5.74) is 0.928. The van der Waals surface area contributed by atoms with Crippen molar-refractivity contribution in [1.29, 1.82) is 0 Å². The molecule has 3 rings (SSSR count). The van der Waals surface area contributed by atoms with E-state index in [0.717, 1.165) is 23.7 Å². The summed E-state index contributed by atoms with van der Waals surface area (Å²) in [6.07, 6.45) is 4.13. The Morgan fingerprint density at radius 1 is 1.44 bits per heavy atom. The van der Waals surface area contributed by atoms with Crippen molar-refractivity contribution >= 4 is 28.4 Å². The predicted octanol–water partition coefficient (Wildman–Crippen LogP) is 3.13. The van der Waals surface area contributed by atoms with E-state index in [9.17, 15) is 4.79 Å². The highest BCUT2D eigenvalue weighted by atomic mass is 35.5. The Morgan fingerprint density at radius 3 is 2.94 bits per heavy atom. The van der Waals surface area contributed by atoms with Gasteiger partial charge in [0.15, 0.2) is 0 Å². The summed E-state index contributed by atoms with van der Waals surface area (Å²) in [4.78, 5) is 12.1. The zero-order valence-corrected chi connectivity index (χ0v) is 10.9. The van der Waals surface area contributed by atoms with Crippen molar-refractivity contribution < 1.29 is 4.79 Å². The van der Waals surface area contributed by atoms with Gasteiger partial charge in [-0.2, -0.15) is 0 Å². The molecule has 0 spiro atoms. The molecule has 1 fully saturated rings. The van der Waals surface area contributed by atoms with E-state index in [4.69, 9.17) is 11.6 Å². The molecule has 1 atom stereocenters. The summed E-state index contributed by atoms with van der Waals surface area (Å²) in [5.74, 6) is 0.0647. The van der Waals surface area contributed by atoms with Gasteiger partial charge in [-0.15, -0.1) is 0 Å². The maximum absolute atomic E-state index is 12.1. The minimum atomic E-state index is -0.233. The van der Waals surface area contributed by atoms with Crippen LogP contribution in [0.5, 0.6) is 0 Å².